The molecule has 0 spiro atoms. The molecule has 1 N–H and O–H groups in total. The summed E-state index contributed by atoms with van der Waals surface area (Å²) >= 11 is 2.09. The number of rotatable bonds is 5. The van der Waals surface area contributed by atoms with Crippen molar-refractivity contribution in [2.24, 2.45) is 10.9 Å². The zero-order valence-corrected chi connectivity index (χ0v) is 18.3. The van der Waals surface area contributed by atoms with Gasteiger partial charge in [0.1, 0.15) is 5.75 Å². The van der Waals surface area contributed by atoms with Crippen LogP contribution in [-0.2, 0) is 6.42 Å². The predicted octanol–water partition coefficient (Wildman–Crippen LogP) is 3.50. The van der Waals surface area contributed by atoms with Gasteiger partial charge in [0.2, 0.25) is 0 Å². The molecule has 24 heavy (non-hydrogen) atoms. The lowest BCUT2D eigenvalue weighted by molar-refractivity contribution is 0.381. The Bertz CT molecular complexity index is 525. The van der Waals surface area contributed by atoms with E-state index in [0.717, 1.165) is 37.8 Å². The van der Waals surface area contributed by atoms with Crippen LogP contribution >= 0.6 is 35.7 Å². The highest BCUT2D eigenvalue weighted by atomic mass is 127. The molecule has 1 aliphatic rings. The molecule has 0 amide bonds. The average molecular weight is 463 g/mol. The first kappa shape index (κ1) is 21.4. The first-order chi connectivity index (χ1) is 11.1. The number of methoxy groups -OCH3 is 1. The molecule has 4 nitrogen and oxygen atoms in total. The van der Waals surface area contributed by atoms with Gasteiger partial charge in [-0.2, -0.15) is 11.8 Å². The van der Waals surface area contributed by atoms with Crippen molar-refractivity contribution >= 4 is 41.7 Å². The van der Waals surface area contributed by atoms with E-state index in [1.165, 1.54) is 11.3 Å². The minimum absolute atomic E-state index is 0. The number of benzene rings is 1. The minimum atomic E-state index is 0. The van der Waals surface area contributed by atoms with E-state index in [2.05, 4.69) is 53.0 Å². The molecule has 0 aliphatic carbocycles. The maximum atomic E-state index is 5.28. The molecular formula is C18H30IN3OS. The van der Waals surface area contributed by atoms with E-state index in [1.807, 2.05) is 19.2 Å². The Hall–Kier alpha value is -0.630. The molecule has 1 aromatic rings. The molecule has 136 valence electrons. The van der Waals surface area contributed by atoms with E-state index in [9.17, 15) is 0 Å². The Balaban J connectivity index is 0.00000288. The third-order valence-corrected chi connectivity index (χ3v) is 5.72. The van der Waals surface area contributed by atoms with Gasteiger partial charge < -0.3 is 15.0 Å². The molecule has 1 atom stereocenters. The molecule has 1 aromatic carbocycles. The van der Waals surface area contributed by atoms with Crippen LogP contribution in [0.2, 0.25) is 0 Å². The Morgan fingerprint density at radius 3 is 2.92 bits per heavy atom. The maximum Gasteiger partial charge on any atom is 0.193 e. The van der Waals surface area contributed by atoms with Crippen molar-refractivity contribution in [3.8, 4) is 5.75 Å². The van der Waals surface area contributed by atoms with Gasteiger partial charge >= 0.3 is 0 Å². The van der Waals surface area contributed by atoms with Gasteiger partial charge in [-0.15, -0.1) is 24.0 Å². The van der Waals surface area contributed by atoms with Crippen LogP contribution in [0.25, 0.3) is 0 Å². The third kappa shape index (κ3) is 6.35. The summed E-state index contributed by atoms with van der Waals surface area (Å²) in [5, 5.41) is 4.21. The Morgan fingerprint density at radius 1 is 1.46 bits per heavy atom. The van der Waals surface area contributed by atoms with E-state index in [-0.39, 0.29) is 24.0 Å². The Kier molecular flexibility index (Phi) is 9.88. The first-order valence-corrected chi connectivity index (χ1v) is 9.39. The summed E-state index contributed by atoms with van der Waals surface area (Å²) < 4.78 is 5.28. The summed E-state index contributed by atoms with van der Waals surface area (Å²) in [6, 6.07) is 8.25. The Labute approximate surface area is 167 Å². The van der Waals surface area contributed by atoms with Crippen molar-refractivity contribution in [1.29, 1.82) is 0 Å². The van der Waals surface area contributed by atoms with E-state index in [0.29, 0.717) is 11.2 Å². The molecule has 0 saturated carbocycles. The van der Waals surface area contributed by atoms with Gasteiger partial charge in [0.05, 0.1) is 7.11 Å². The number of hydrogen-bond donors (Lipinski definition) is 1. The Morgan fingerprint density at radius 2 is 2.25 bits per heavy atom. The van der Waals surface area contributed by atoms with E-state index < -0.39 is 0 Å². The zero-order chi connectivity index (χ0) is 16.7. The van der Waals surface area contributed by atoms with Gasteiger partial charge in [0.15, 0.2) is 5.96 Å². The minimum Gasteiger partial charge on any atom is -0.497 e. The van der Waals surface area contributed by atoms with Crippen molar-refractivity contribution in [1.82, 2.24) is 10.2 Å². The summed E-state index contributed by atoms with van der Waals surface area (Å²) in [6.07, 6.45) is 0.965. The van der Waals surface area contributed by atoms with Crippen LogP contribution in [0.1, 0.15) is 19.4 Å². The number of hydrogen-bond acceptors (Lipinski definition) is 3. The van der Waals surface area contributed by atoms with Crippen LogP contribution in [0, 0.1) is 5.92 Å². The molecule has 0 bridgehead atoms. The van der Waals surface area contributed by atoms with Crippen LogP contribution in [0.4, 0.5) is 0 Å². The van der Waals surface area contributed by atoms with Gasteiger partial charge in [-0.1, -0.05) is 26.0 Å². The van der Waals surface area contributed by atoms with Crippen LogP contribution in [0.3, 0.4) is 0 Å². The van der Waals surface area contributed by atoms with Crippen LogP contribution in [0.15, 0.2) is 29.3 Å². The van der Waals surface area contributed by atoms with E-state index in [1.54, 1.807) is 7.11 Å². The van der Waals surface area contributed by atoms with Crippen LogP contribution < -0.4 is 10.1 Å². The highest BCUT2D eigenvalue weighted by Crippen LogP contribution is 2.24. The van der Waals surface area contributed by atoms with E-state index >= 15 is 0 Å². The quantitative estimate of drug-likeness (QED) is 0.412. The maximum absolute atomic E-state index is 5.28. The van der Waals surface area contributed by atoms with Crippen LogP contribution in [0.5, 0.6) is 5.75 Å². The third-order valence-electron chi connectivity index (χ3n) is 4.18. The molecule has 1 heterocycles. The highest BCUT2D eigenvalue weighted by molar-refractivity contribution is 14.0. The number of aliphatic imine (C=N–C) groups is 1. The lowest BCUT2D eigenvalue weighted by Gasteiger charge is -2.36. The molecule has 1 unspecified atom stereocenters. The fourth-order valence-electron chi connectivity index (χ4n) is 2.75. The molecule has 1 aliphatic heterocycles. The van der Waals surface area contributed by atoms with Crippen molar-refractivity contribution in [2.75, 3.05) is 39.5 Å². The summed E-state index contributed by atoms with van der Waals surface area (Å²) in [5.41, 5.74) is 1.28. The predicted molar refractivity (Wildman–Crippen MR) is 116 cm³/mol. The normalized spacial score (nSPS) is 18.3. The molecular weight excluding hydrogens is 433 g/mol. The van der Waals surface area contributed by atoms with E-state index in [4.69, 9.17) is 4.74 Å². The van der Waals surface area contributed by atoms with Gasteiger partial charge in [-0.05, 0) is 30.0 Å². The number of nitrogens with one attached hydrogen (secondary N) is 1. The number of thioether (sulfide) groups is 1. The molecule has 1 saturated heterocycles. The topological polar surface area (TPSA) is 36.9 Å². The lowest BCUT2D eigenvalue weighted by atomic mass is 10.1. The largest absolute Gasteiger partial charge is 0.497 e. The number of nitrogens with zero attached hydrogens (tertiary/aromatic N) is 2. The van der Waals surface area contributed by atoms with Crippen molar-refractivity contribution in [2.45, 2.75) is 25.5 Å². The summed E-state index contributed by atoms with van der Waals surface area (Å²) in [4.78, 5) is 6.86. The van der Waals surface area contributed by atoms with Gasteiger partial charge in [0.25, 0.3) is 0 Å². The van der Waals surface area contributed by atoms with Crippen molar-refractivity contribution in [3.05, 3.63) is 29.8 Å². The fourth-order valence-corrected chi connectivity index (χ4v) is 4.05. The fraction of sp³-hybridized carbons (Fsp3) is 0.611. The summed E-state index contributed by atoms with van der Waals surface area (Å²) in [5.74, 6) is 3.83. The van der Waals surface area contributed by atoms with Gasteiger partial charge in [-0.3, -0.25) is 4.99 Å². The number of ether oxygens (including phenoxy) is 1. The number of guanidine groups is 1. The van der Waals surface area contributed by atoms with Crippen molar-refractivity contribution in [3.63, 3.8) is 0 Å². The second-order valence-corrected chi connectivity index (χ2v) is 7.52. The monoisotopic (exact) mass is 463 g/mol. The second-order valence-electron chi connectivity index (χ2n) is 6.17. The van der Waals surface area contributed by atoms with Crippen molar-refractivity contribution < 1.29 is 4.74 Å². The summed E-state index contributed by atoms with van der Waals surface area (Å²) in [7, 11) is 3.58. The first-order valence-electron chi connectivity index (χ1n) is 8.34. The van der Waals surface area contributed by atoms with Gasteiger partial charge in [0, 0.05) is 37.7 Å². The number of halogens is 1. The molecule has 6 heteroatoms. The standard InChI is InChI=1S/C18H29N3OS.HI/c1-14(2)17-13-21(10-11-23-17)18(19-3)20-9-8-15-6-5-7-16(12-15)22-4;/h5-7,12,14,17H,8-11,13H2,1-4H3,(H,19,20);1H. The summed E-state index contributed by atoms with van der Waals surface area (Å²) in [6.45, 7) is 7.66. The molecule has 0 radical (unpaired) electrons. The second kappa shape index (κ2) is 11.1. The zero-order valence-electron chi connectivity index (χ0n) is 15.1. The highest BCUT2D eigenvalue weighted by Gasteiger charge is 2.24. The molecule has 1 fully saturated rings. The smallest absolute Gasteiger partial charge is 0.193 e. The lowest BCUT2D eigenvalue weighted by Crippen LogP contribution is -2.49. The van der Waals surface area contributed by atoms with Crippen LogP contribution in [-0.4, -0.2) is 55.7 Å². The van der Waals surface area contributed by atoms with Gasteiger partial charge in [-0.25, -0.2) is 0 Å². The SMILES string of the molecule is CN=C(NCCc1cccc(OC)c1)N1CCSC(C(C)C)C1.I. The molecule has 0 aromatic heterocycles. The average Bonchev–Trinajstić information content (AvgIpc) is 2.59. The molecule has 2 rings (SSSR count).